The number of carbonyl (C=O) groups excluding carboxylic acids is 1. The zero-order chi connectivity index (χ0) is 15.6. The van der Waals surface area contributed by atoms with E-state index in [4.69, 9.17) is 0 Å². The van der Waals surface area contributed by atoms with E-state index in [0.29, 0.717) is 12.1 Å². The molecule has 0 bridgehead atoms. The van der Waals surface area contributed by atoms with Crippen LogP contribution in [0.25, 0.3) is 0 Å². The molecule has 0 atom stereocenters. The third-order valence-electron chi connectivity index (χ3n) is 3.71. The fourth-order valence-electron chi connectivity index (χ4n) is 2.48. The Labute approximate surface area is 129 Å². The molecule has 1 aliphatic rings. The fraction of sp³-hybridized carbons (Fsp3) is 0.333. The number of hydrogen-bond acceptors (Lipinski definition) is 4. The quantitative estimate of drug-likeness (QED) is 0.839. The van der Waals surface area contributed by atoms with E-state index in [0.717, 1.165) is 5.56 Å². The van der Waals surface area contributed by atoms with E-state index in [1.54, 1.807) is 21.8 Å². The fourth-order valence-corrected chi connectivity index (χ4v) is 3.68. The monoisotopic (exact) mass is 319 g/mol. The topological polar surface area (TPSA) is 72.3 Å². The lowest BCUT2D eigenvalue weighted by molar-refractivity contribution is 0.0770. The van der Waals surface area contributed by atoms with Crippen LogP contribution in [0, 0.1) is 0 Å². The van der Waals surface area contributed by atoms with Crippen molar-refractivity contribution in [1.82, 2.24) is 14.7 Å². The van der Waals surface area contributed by atoms with Gasteiger partial charge in [0.1, 0.15) is 0 Å². The van der Waals surface area contributed by atoms with Gasteiger partial charge in [-0.1, -0.05) is 12.1 Å². The third kappa shape index (κ3) is 3.36. The van der Waals surface area contributed by atoms with E-state index < -0.39 is 9.84 Å². The highest BCUT2D eigenvalue weighted by Crippen LogP contribution is 2.12. The van der Waals surface area contributed by atoms with Crippen LogP contribution < -0.4 is 0 Å². The molecule has 0 aliphatic carbocycles. The Morgan fingerprint density at radius 3 is 2.64 bits per heavy atom. The van der Waals surface area contributed by atoms with Gasteiger partial charge in [-0.05, 0) is 23.8 Å². The average molecular weight is 319 g/mol. The van der Waals surface area contributed by atoms with E-state index in [9.17, 15) is 13.2 Å². The van der Waals surface area contributed by atoms with E-state index in [1.165, 1.54) is 0 Å². The molecule has 116 valence electrons. The van der Waals surface area contributed by atoms with Gasteiger partial charge in [-0.15, -0.1) is 0 Å². The Morgan fingerprint density at radius 1 is 1.18 bits per heavy atom. The molecule has 0 radical (unpaired) electrons. The number of sulfone groups is 1. The first-order chi connectivity index (χ1) is 10.5. The maximum atomic E-state index is 12.5. The van der Waals surface area contributed by atoms with Crippen LogP contribution >= 0.6 is 0 Å². The summed E-state index contributed by atoms with van der Waals surface area (Å²) in [6.45, 7) is 1.14. The van der Waals surface area contributed by atoms with Gasteiger partial charge >= 0.3 is 0 Å². The highest BCUT2D eigenvalue weighted by Gasteiger charge is 2.25. The van der Waals surface area contributed by atoms with Crippen LogP contribution in [0.1, 0.15) is 15.9 Å². The second-order valence-corrected chi connectivity index (χ2v) is 7.65. The van der Waals surface area contributed by atoms with Gasteiger partial charge in [-0.25, -0.2) is 8.42 Å². The molecule has 6 nitrogen and oxygen atoms in total. The Morgan fingerprint density at radius 2 is 1.95 bits per heavy atom. The normalized spacial score (nSPS) is 17.4. The molecular weight excluding hydrogens is 302 g/mol. The molecule has 1 saturated heterocycles. The first kappa shape index (κ1) is 14.8. The summed E-state index contributed by atoms with van der Waals surface area (Å²) in [7, 11) is -2.98. The first-order valence-corrected chi connectivity index (χ1v) is 8.92. The molecule has 1 aliphatic heterocycles. The Kier molecular flexibility index (Phi) is 3.98. The molecule has 3 rings (SSSR count). The van der Waals surface area contributed by atoms with Gasteiger partial charge in [0.25, 0.3) is 5.91 Å². The van der Waals surface area contributed by atoms with Crippen LogP contribution in [0.3, 0.4) is 0 Å². The minimum atomic E-state index is -2.98. The average Bonchev–Trinajstić information content (AvgIpc) is 3.00. The lowest BCUT2D eigenvalue weighted by Crippen LogP contribution is -2.43. The van der Waals surface area contributed by atoms with Gasteiger partial charge in [-0.2, -0.15) is 5.10 Å². The molecule has 7 heteroatoms. The first-order valence-electron chi connectivity index (χ1n) is 7.10. The number of carbonyl (C=O) groups is 1. The number of benzene rings is 1. The van der Waals surface area contributed by atoms with E-state index in [2.05, 4.69) is 5.10 Å². The largest absolute Gasteiger partial charge is 0.337 e. The Balaban J connectivity index is 1.73. The standard InChI is InChI=1S/C15H17N3O3S/c19-15(17-7-9-22(20,21)10-8-17)14-4-1-3-13(11-14)12-18-6-2-5-16-18/h1-6,11H,7-10,12H2. The number of hydrogen-bond donors (Lipinski definition) is 0. The zero-order valence-corrected chi connectivity index (χ0v) is 12.9. The van der Waals surface area contributed by atoms with Gasteiger partial charge in [0.15, 0.2) is 9.84 Å². The molecule has 0 unspecified atom stereocenters. The Hall–Kier alpha value is -2.15. The van der Waals surface area contributed by atoms with E-state index in [-0.39, 0.29) is 30.5 Å². The van der Waals surface area contributed by atoms with Crippen LogP contribution in [-0.2, 0) is 16.4 Å². The molecular formula is C15H17N3O3S. The van der Waals surface area contributed by atoms with Crippen molar-refractivity contribution >= 4 is 15.7 Å². The summed E-state index contributed by atoms with van der Waals surface area (Å²) in [5, 5.41) is 4.15. The molecule has 1 aromatic heterocycles. The lowest BCUT2D eigenvalue weighted by atomic mass is 10.1. The predicted octanol–water partition coefficient (Wildman–Crippen LogP) is 0.802. The van der Waals surface area contributed by atoms with Crippen LogP contribution in [0.15, 0.2) is 42.7 Å². The molecule has 0 N–H and O–H groups in total. The minimum Gasteiger partial charge on any atom is -0.337 e. The van der Waals surface area contributed by atoms with Crippen molar-refractivity contribution in [1.29, 1.82) is 0 Å². The summed E-state index contributed by atoms with van der Waals surface area (Å²) in [6.07, 6.45) is 3.58. The molecule has 1 amide bonds. The summed E-state index contributed by atoms with van der Waals surface area (Å²) in [5.41, 5.74) is 1.57. The molecule has 2 heterocycles. The number of nitrogens with zero attached hydrogens (tertiary/aromatic N) is 3. The van der Waals surface area contributed by atoms with Crippen molar-refractivity contribution in [2.24, 2.45) is 0 Å². The number of amides is 1. The molecule has 22 heavy (non-hydrogen) atoms. The van der Waals surface area contributed by atoms with Crippen molar-refractivity contribution in [3.63, 3.8) is 0 Å². The maximum absolute atomic E-state index is 12.5. The molecule has 0 spiro atoms. The molecule has 2 aromatic rings. The second-order valence-electron chi connectivity index (χ2n) is 5.35. The summed E-state index contributed by atoms with van der Waals surface area (Å²) in [5.74, 6) is -0.0190. The van der Waals surface area contributed by atoms with Crippen molar-refractivity contribution in [3.05, 3.63) is 53.9 Å². The smallest absolute Gasteiger partial charge is 0.253 e. The van der Waals surface area contributed by atoms with Crippen LogP contribution in [0.5, 0.6) is 0 Å². The highest BCUT2D eigenvalue weighted by atomic mass is 32.2. The molecule has 1 aromatic carbocycles. The molecule has 0 saturated carbocycles. The van der Waals surface area contributed by atoms with Crippen molar-refractivity contribution in [2.75, 3.05) is 24.6 Å². The number of rotatable bonds is 3. The minimum absolute atomic E-state index is 0.0473. The van der Waals surface area contributed by atoms with Gasteiger partial charge in [0, 0.05) is 31.0 Å². The molecule has 1 fully saturated rings. The zero-order valence-electron chi connectivity index (χ0n) is 12.1. The number of aromatic nitrogens is 2. The van der Waals surface area contributed by atoms with E-state index >= 15 is 0 Å². The lowest BCUT2D eigenvalue weighted by Gasteiger charge is -2.26. The van der Waals surface area contributed by atoms with E-state index in [1.807, 2.05) is 30.5 Å². The van der Waals surface area contributed by atoms with Crippen LogP contribution in [-0.4, -0.2) is 53.6 Å². The predicted molar refractivity (Wildman–Crippen MR) is 82.3 cm³/mol. The van der Waals surface area contributed by atoms with Gasteiger partial charge in [-0.3, -0.25) is 9.48 Å². The summed E-state index contributed by atoms with van der Waals surface area (Å²) in [4.78, 5) is 14.1. The van der Waals surface area contributed by atoms with Gasteiger partial charge < -0.3 is 4.90 Å². The second kappa shape index (κ2) is 5.92. The summed E-state index contributed by atoms with van der Waals surface area (Å²) in [6, 6.07) is 9.24. The summed E-state index contributed by atoms with van der Waals surface area (Å²) < 4.78 is 24.7. The maximum Gasteiger partial charge on any atom is 0.253 e. The van der Waals surface area contributed by atoms with Crippen molar-refractivity contribution < 1.29 is 13.2 Å². The van der Waals surface area contributed by atoms with Crippen LogP contribution in [0.2, 0.25) is 0 Å². The van der Waals surface area contributed by atoms with Crippen molar-refractivity contribution in [2.45, 2.75) is 6.54 Å². The summed E-state index contributed by atoms with van der Waals surface area (Å²) >= 11 is 0. The SMILES string of the molecule is O=C(c1cccc(Cn2cccn2)c1)N1CCS(=O)(=O)CC1. The third-order valence-corrected chi connectivity index (χ3v) is 5.32. The highest BCUT2D eigenvalue weighted by molar-refractivity contribution is 7.91. The van der Waals surface area contributed by atoms with Gasteiger partial charge in [0.2, 0.25) is 0 Å². The Bertz CT molecular complexity index is 755. The van der Waals surface area contributed by atoms with Gasteiger partial charge in [0.05, 0.1) is 18.1 Å². The van der Waals surface area contributed by atoms with Crippen molar-refractivity contribution in [3.8, 4) is 0 Å². The van der Waals surface area contributed by atoms with Crippen LogP contribution in [0.4, 0.5) is 0 Å².